The summed E-state index contributed by atoms with van der Waals surface area (Å²) in [5.41, 5.74) is 4.30. The van der Waals surface area contributed by atoms with Gasteiger partial charge >= 0.3 is 6.18 Å². The third-order valence-electron chi connectivity index (χ3n) is 2.67. The molecule has 1 rings (SSSR count). The van der Waals surface area contributed by atoms with Gasteiger partial charge in [-0.15, -0.1) is 0 Å². The largest absolute Gasteiger partial charge is 0.417 e. The van der Waals surface area contributed by atoms with Crippen molar-refractivity contribution >= 4 is 11.7 Å². The lowest BCUT2D eigenvalue weighted by molar-refractivity contribution is -0.137. The van der Waals surface area contributed by atoms with Crippen LogP contribution in [0.1, 0.15) is 30.5 Å². The zero-order valence-corrected chi connectivity index (χ0v) is 11.1. The maximum atomic E-state index is 12.7. The average molecular weight is 287 g/mol. The molecule has 0 aromatic heterocycles. The second-order valence-electron chi connectivity index (χ2n) is 4.66. The average Bonchev–Trinajstić information content (AvgIpc) is 2.34. The number of carbonyl (C=O) groups is 1. The molecule has 0 aliphatic heterocycles. The molecule has 0 aliphatic rings. The Balaban J connectivity index is 3.00. The van der Waals surface area contributed by atoms with Gasteiger partial charge in [0.2, 0.25) is 5.91 Å². The molecule has 4 N–H and O–H groups in total. The number of amidine groups is 1. The molecular formula is C13H16F3N3O. The molecule has 7 heteroatoms. The molecule has 1 amide bonds. The standard InChI is InChI=1S/C13H16F3N3O/c1-7(2)12(20)19-6-8-3-4-10(13(14,15)16)9(5-8)11(17)18/h3-5,7H,6H2,1-2H3,(H3,17,18)(H,19,20). The van der Waals surface area contributed by atoms with Crippen LogP contribution >= 0.6 is 0 Å². The van der Waals surface area contributed by atoms with Crippen LogP contribution in [-0.4, -0.2) is 11.7 Å². The predicted octanol–water partition coefficient (Wildman–Crippen LogP) is 2.26. The molecule has 0 aliphatic carbocycles. The van der Waals surface area contributed by atoms with Crippen molar-refractivity contribution in [1.82, 2.24) is 5.32 Å². The van der Waals surface area contributed by atoms with E-state index in [1.807, 2.05) is 0 Å². The zero-order valence-electron chi connectivity index (χ0n) is 11.1. The predicted molar refractivity (Wildman–Crippen MR) is 69.1 cm³/mol. The van der Waals surface area contributed by atoms with Gasteiger partial charge in [0.1, 0.15) is 5.84 Å². The number of amides is 1. The number of benzene rings is 1. The van der Waals surface area contributed by atoms with Crippen LogP contribution in [0, 0.1) is 11.3 Å². The van der Waals surface area contributed by atoms with Crippen LogP contribution in [0.25, 0.3) is 0 Å². The van der Waals surface area contributed by atoms with Gasteiger partial charge in [0, 0.05) is 18.0 Å². The lowest BCUT2D eigenvalue weighted by Crippen LogP contribution is -2.27. The van der Waals surface area contributed by atoms with Crippen molar-refractivity contribution in [3.05, 3.63) is 34.9 Å². The Kier molecular flexibility index (Phi) is 4.75. The van der Waals surface area contributed by atoms with E-state index in [0.29, 0.717) is 5.56 Å². The van der Waals surface area contributed by atoms with E-state index in [1.54, 1.807) is 13.8 Å². The lowest BCUT2D eigenvalue weighted by atomic mass is 10.0. The fraction of sp³-hybridized carbons (Fsp3) is 0.385. The first kappa shape index (κ1) is 16.0. The van der Waals surface area contributed by atoms with Gasteiger partial charge in [-0.2, -0.15) is 13.2 Å². The van der Waals surface area contributed by atoms with E-state index < -0.39 is 17.6 Å². The lowest BCUT2D eigenvalue weighted by Gasteiger charge is -2.14. The Morgan fingerprint density at radius 3 is 2.45 bits per heavy atom. The van der Waals surface area contributed by atoms with Crippen molar-refractivity contribution in [2.75, 3.05) is 0 Å². The topological polar surface area (TPSA) is 79.0 Å². The van der Waals surface area contributed by atoms with Crippen molar-refractivity contribution in [2.24, 2.45) is 11.7 Å². The van der Waals surface area contributed by atoms with Crippen LogP contribution < -0.4 is 11.1 Å². The maximum Gasteiger partial charge on any atom is 0.417 e. The van der Waals surface area contributed by atoms with Crippen LogP contribution in [0.4, 0.5) is 13.2 Å². The van der Waals surface area contributed by atoms with Gasteiger partial charge in [0.05, 0.1) is 5.56 Å². The minimum absolute atomic E-state index is 0.0927. The molecule has 0 saturated heterocycles. The number of nitrogens with one attached hydrogen (secondary N) is 2. The third-order valence-corrected chi connectivity index (χ3v) is 2.67. The van der Waals surface area contributed by atoms with Gasteiger partial charge in [0.15, 0.2) is 0 Å². The van der Waals surface area contributed by atoms with Gasteiger partial charge in [-0.3, -0.25) is 10.2 Å². The number of carbonyl (C=O) groups excluding carboxylic acids is 1. The molecule has 0 unspecified atom stereocenters. The molecule has 0 saturated carbocycles. The van der Waals surface area contributed by atoms with Gasteiger partial charge in [-0.25, -0.2) is 0 Å². The first-order valence-corrected chi connectivity index (χ1v) is 5.95. The number of nitrogens with two attached hydrogens (primary N) is 1. The number of hydrogen-bond donors (Lipinski definition) is 3. The monoisotopic (exact) mass is 287 g/mol. The molecule has 0 fully saturated rings. The SMILES string of the molecule is CC(C)C(=O)NCc1ccc(C(F)(F)F)c(C(=N)N)c1. The summed E-state index contributed by atoms with van der Waals surface area (Å²) >= 11 is 0. The van der Waals surface area contributed by atoms with E-state index in [0.717, 1.165) is 6.07 Å². The second kappa shape index (κ2) is 5.94. The summed E-state index contributed by atoms with van der Waals surface area (Å²) in [6, 6.07) is 3.30. The minimum atomic E-state index is -4.57. The zero-order chi connectivity index (χ0) is 15.5. The number of hydrogen-bond acceptors (Lipinski definition) is 2. The molecule has 110 valence electrons. The van der Waals surface area contributed by atoms with E-state index in [-0.39, 0.29) is 23.9 Å². The Morgan fingerprint density at radius 1 is 1.40 bits per heavy atom. The summed E-state index contributed by atoms with van der Waals surface area (Å²) in [4.78, 5) is 11.4. The van der Waals surface area contributed by atoms with Crippen molar-refractivity contribution in [2.45, 2.75) is 26.6 Å². The van der Waals surface area contributed by atoms with E-state index in [1.165, 1.54) is 12.1 Å². The Hall–Kier alpha value is -2.05. The minimum Gasteiger partial charge on any atom is -0.384 e. The summed E-state index contributed by atoms with van der Waals surface area (Å²) in [6.45, 7) is 3.52. The van der Waals surface area contributed by atoms with Crippen LogP contribution in [0.15, 0.2) is 18.2 Å². The molecule has 0 radical (unpaired) electrons. The van der Waals surface area contributed by atoms with Gasteiger partial charge < -0.3 is 11.1 Å². The summed E-state index contributed by atoms with van der Waals surface area (Å²) in [5, 5.41) is 9.82. The van der Waals surface area contributed by atoms with Crippen LogP contribution in [0.2, 0.25) is 0 Å². The van der Waals surface area contributed by atoms with E-state index in [2.05, 4.69) is 5.32 Å². The summed E-state index contributed by atoms with van der Waals surface area (Å²) < 4.78 is 38.2. The fourth-order valence-electron chi connectivity index (χ4n) is 1.56. The summed E-state index contributed by atoms with van der Waals surface area (Å²) in [6.07, 6.45) is -4.57. The Bertz CT molecular complexity index is 524. The first-order chi connectivity index (χ1) is 9.12. The van der Waals surface area contributed by atoms with Gasteiger partial charge in [-0.05, 0) is 17.7 Å². The Labute approximate surface area is 114 Å². The summed E-state index contributed by atoms with van der Waals surface area (Å²) in [7, 11) is 0. The molecule has 0 spiro atoms. The number of nitrogen functional groups attached to an aromatic ring is 1. The van der Waals surface area contributed by atoms with E-state index in [9.17, 15) is 18.0 Å². The van der Waals surface area contributed by atoms with Crippen LogP contribution in [-0.2, 0) is 17.5 Å². The molecule has 4 nitrogen and oxygen atoms in total. The van der Waals surface area contributed by atoms with Crippen molar-refractivity contribution in [3.8, 4) is 0 Å². The quantitative estimate of drug-likeness (QED) is 0.586. The molecule has 0 atom stereocenters. The van der Waals surface area contributed by atoms with Crippen molar-refractivity contribution in [3.63, 3.8) is 0 Å². The highest BCUT2D eigenvalue weighted by atomic mass is 19.4. The highest BCUT2D eigenvalue weighted by Crippen LogP contribution is 2.32. The molecule has 0 heterocycles. The number of halogens is 3. The Morgan fingerprint density at radius 2 is 2.00 bits per heavy atom. The number of alkyl halides is 3. The van der Waals surface area contributed by atoms with Crippen molar-refractivity contribution < 1.29 is 18.0 Å². The first-order valence-electron chi connectivity index (χ1n) is 5.95. The highest BCUT2D eigenvalue weighted by Gasteiger charge is 2.34. The van der Waals surface area contributed by atoms with Crippen LogP contribution in [0.5, 0.6) is 0 Å². The second-order valence-corrected chi connectivity index (χ2v) is 4.66. The van der Waals surface area contributed by atoms with Gasteiger partial charge in [-0.1, -0.05) is 19.9 Å². The normalized spacial score (nSPS) is 11.5. The van der Waals surface area contributed by atoms with Crippen LogP contribution in [0.3, 0.4) is 0 Å². The third kappa shape index (κ3) is 3.97. The fourth-order valence-corrected chi connectivity index (χ4v) is 1.56. The smallest absolute Gasteiger partial charge is 0.384 e. The molecule has 1 aromatic carbocycles. The summed E-state index contributed by atoms with van der Waals surface area (Å²) in [5.74, 6) is -1.07. The van der Waals surface area contributed by atoms with E-state index in [4.69, 9.17) is 11.1 Å². The highest BCUT2D eigenvalue weighted by molar-refractivity contribution is 5.96. The molecule has 1 aromatic rings. The van der Waals surface area contributed by atoms with Gasteiger partial charge in [0.25, 0.3) is 0 Å². The molecule has 0 bridgehead atoms. The van der Waals surface area contributed by atoms with Crippen molar-refractivity contribution in [1.29, 1.82) is 5.41 Å². The molecule has 20 heavy (non-hydrogen) atoms. The molecular weight excluding hydrogens is 271 g/mol. The van der Waals surface area contributed by atoms with E-state index >= 15 is 0 Å². The maximum absolute atomic E-state index is 12.7. The number of rotatable bonds is 4.